The van der Waals surface area contributed by atoms with Gasteiger partial charge in [-0.25, -0.2) is 4.57 Å². The van der Waals surface area contributed by atoms with Crippen molar-refractivity contribution in [1.29, 1.82) is 0 Å². The fourth-order valence-corrected chi connectivity index (χ4v) is 0. The average Bonchev–Trinajstić information content (AvgIpc) is 1.27. The van der Waals surface area contributed by atoms with Gasteiger partial charge in [-0.1, -0.05) is 0 Å². The summed E-state index contributed by atoms with van der Waals surface area (Å²) in [7, 11) is -4.64. The van der Waals surface area contributed by atoms with E-state index in [9.17, 15) is 0 Å². The molecule has 0 aromatic heterocycles. The molecule has 9 heavy (non-hydrogen) atoms. The van der Waals surface area contributed by atoms with Gasteiger partial charge < -0.3 is 14.7 Å². The van der Waals surface area contributed by atoms with Crippen molar-refractivity contribution in [2.45, 2.75) is 0 Å². The first-order valence-corrected chi connectivity index (χ1v) is 4.03. The van der Waals surface area contributed by atoms with Crippen molar-refractivity contribution >= 4 is 25.2 Å². The molecule has 0 saturated carbocycles. The molecule has 0 rings (SSSR count). The summed E-state index contributed by atoms with van der Waals surface area (Å²) in [6.45, 7) is 0. The minimum atomic E-state index is -4.64. The summed E-state index contributed by atoms with van der Waals surface area (Å²) in [4.78, 5) is 21.6. The SMILES string of the molecule is O=P(O)(O)O.[AlH3].[O]=[Ti]=[O]. The fourth-order valence-electron chi connectivity index (χ4n) is 0. The van der Waals surface area contributed by atoms with Crippen molar-refractivity contribution in [3.8, 4) is 0 Å². The Balaban J connectivity index is -0.0000000800. The zero-order valence-electron chi connectivity index (χ0n) is 3.51. The first-order valence-electron chi connectivity index (χ1n) is 1.19. The van der Waals surface area contributed by atoms with Crippen LogP contribution in [0.3, 0.4) is 0 Å². The topological polar surface area (TPSA) is 112 Å². The van der Waals surface area contributed by atoms with E-state index in [4.69, 9.17) is 25.9 Å². The van der Waals surface area contributed by atoms with Crippen molar-refractivity contribution in [2.75, 3.05) is 0 Å². The first kappa shape index (κ1) is 16.5. The Hall–Kier alpha value is 0.957. The molecule has 6 nitrogen and oxygen atoms in total. The number of rotatable bonds is 0. The molecule has 0 aliphatic heterocycles. The van der Waals surface area contributed by atoms with Crippen LogP contribution in [-0.2, 0) is 30.3 Å². The van der Waals surface area contributed by atoms with Crippen LogP contribution in [0.2, 0.25) is 0 Å². The van der Waals surface area contributed by atoms with Crippen LogP contribution in [0.5, 0.6) is 0 Å². The molecule has 0 saturated heterocycles. The summed E-state index contributed by atoms with van der Waals surface area (Å²) in [5, 5.41) is 0. The van der Waals surface area contributed by atoms with Crippen molar-refractivity contribution in [2.24, 2.45) is 0 Å². The number of hydrogen-bond acceptors (Lipinski definition) is 3. The average molecular weight is 208 g/mol. The van der Waals surface area contributed by atoms with Gasteiger partial charge in [0.25, 0.3) is 0 Å². The van der Waals surface area contributed by atoms with E-state index in [1.54, 1.807) is 0 Å². The van der Waals surface area contributed by atoms with Crippen LogP contribution in [0.15, 0.2) is 0 Å². The standard InChI is InChI=1S/Al.H3O4P.2O.Ti.3H/c;1-5(2,3)4;;;;;;/h;(H3,1,2,3,4);;;;;;. The molecule has 0 aliphatic rings. The van der Waals surface area contributed by atoms with Crippen molar-refractivity contribution in [3.63, 3.8) is 0 Å². The third-order valence-corrected chi connectivity index (χ3v) is 0. The van der Waals surface area contributed by atoms with Gasteiger partial charge in [0, 0.05) is 0 Å². The van der Waals surface area contributed by atoms with Gasteiger partial charge in [-0.05, 0) is 0 Å². The molecular formula is H6AlO6PTi. The van der Waals surface area contributed by atoms with Gasteiger partial charge in [0.2, 0.25) is 0 Å². The fraction of sp³-hybridized carbons (Fsp3) is 0. The van der Waals surface area contributed by atoms with Crippen LogP contribution in [-0.4, -0.2) is 32.0 Å². The van der Waals surface area contributed by atoms with E-state index in [1.165, 1.54) is 0 Å². The summed E-state index contributed by atoms with van der Waals surface area (Å²) in [5.74, 6) is 0. The van der Waals surface area contributed by atoms with E-state index in [1.807, 2.05) is 0 Å². The van der Waals surface area contributed by atoms with Crippen LogP contribution in [0.1, 0.15) is 0 Å². The van der Waals surface area contributed by atoms with E-state index in [0.29, 0.717) is 0 Å². The van der Waals surface area contributed by atoms with Crippen molar-refractivity contribution < 1.29 is 45.0 Å². The molecule has 0 aromatic carbocycles. The zero-order valence-corrected chi connectivity index (χ0v) is 5.97. The molecule has 0 amide bonds. The second-order valence-corrected chi connectivity index (χ2v) is 1.88. The molecule has 0 fully saturated rings. The van der Waals surface area contributed by atoms with E-state index >= 15 is 0 Å². The molecule has 0 unspecified atom stereocenters. The summed E-state index contributed by atoms with van der Waals surface area (Å²) < 4.78 is 25.9. The van der Waals surface area contributed by atoms with Crippen LogP contribution in [0, 0.1) is 0 Å². The Morgan fingerprint density at radius 1 is 1.11 bits per heavy atom. The molecule has 9 heteroatoms. The molecule has 0 radical (unpaired) electrons. The second kappa shape index (κ2) is 8.96. The Morgan fingerprint density at radius 2 is 1.11 bits per heavy atom. The predicted octanol–water partition coefficient (Wildman–Crippen LogP) is -2.35. The van der Waals surface area contributed by atoms with Crippen LogP contribution in [0.4, 0.5) is 0 Å². The zero-order chi connectivity index (χ0) is 7.21. The normalized spacial score (nSPS) is 7.44. The van der Waals surface area contributed by atoms with Gasteiger partial charge in [-0.15, -0.1) is 0 Å². The van der Waals surface area contributed by atoms with Gasteiger partial charge >= 0.3 is 33.6 Å². The third kappa shape index (κ3) is 474. The Labute approximate surface area is 70.2 Å². The van der Waals surface area contributed by atoms with Gasteiger partial charge in [-0.3, -0.25) is 0 Å². The van der Waals surface area contributed by atoms with Gasteiger partial charge in [0.1, 0.15) is 0 Å². The third-order valence-electron chi connectivity index (χ3n) is 0. The molecule has 0 aliphatic carbocycles. The van der Waals surface area contributed by atoms with Gasteiger partial charge in [0.15, 0.2) is 17.4 Å². The first-order chi connectivity index (χ1) is 3.41. The second-order valence-electron chi connectivity index (χ2n) is 0.597. The van der Waals surface area contributed by atoms with Crippen LogP contribution >= 0.6 is 7.82 Å². The van der Waals surface area contributed by atoms with Crippen molar-refractivity contribution in [1.82, 2.24) is 0 Å². The van der Waals surface area contributed by atoms with E-state index < -0.39 is 26.9 Å². The summed E-state index contributed by atoms with van der Waals surface area (Å²) >= 11 is -2.00. The molecule has 0 spiro atoms. The maximum atomic E-state index is 8.88. The van der Waals surface area contributed by atoms with E-state index in [-0.39, 0.29) is 17.4 Å². The summed E-state index contributed by atoms with van der Waals surface area (Å²) in [5.41, 5.74) is 0. The molecule has 54 valence electrons. The van der Waals surface area contributed by atoms with E-state index in [2.05, 4.69) is 0 Å². The summed E-state index contributed by atoms with van der Waals surface area (Å²) in [6, 6.07) is 0. The molecular weight excluding hydrogens is 202 g/mol. The Morgan fingerprint density at radius 3 is 1.11 bits per heavy atom. The summed E-state index contributed by atoms with van der Waals surface area (Å²) in [6.07, 6.45) is 0. The number of phosphoric acid groups is 1. The maximum absolute atomic E-state index is 8.88. The molecule has 0 heterocycles. The van der Waals surface area contributed by atoms with Crippen LogP contribution in [0.25, 0.3) is 0 Å². The molecule has 0 bridgehead atoms. The van der Waals surface area contributed by atoms with Gasteiger partial charge in [0.05, 0.1) is 0 Å². The molecule has 0 aromatic rings. The predicted molar refractivity (Wildman–Crippen MR) is 25.6 cm³/mol. The quantitative estimate of drug-likeness (QED) is 0.303. The molecule has 3 N–H and O–H groups in total. The van der Waals surface area contributed by atoms with E-state index in [0.717, 1.165) is 0 Å². The Bertz CT molecular complexity index is 111. The number of hydrogen-bond donors (Lipinski definition) is 3. The van der Waals surface area contributed by atoms with Crippen molar-refractivity contribution in [3.05, 3.63) is 0 Å². The monoisotopic (exact) mass is 208 g/mol. The van der Waals surface area contributed by atoms with Crippen LogP contribution < -0.4 is 0 Å². The molecule has 0 atom stereocenters. The Kier molecular flexibility index (Phi) is 16.4. The van der Waals surface area contributed by atoms with Gasteiger partial charge in [-0.2, -0.15) is 0 Å². The minimum absolute atomic E-state index is 0.